The Balaban J connectivity index is 2.02. The Morgan fingerprint density at radius 2 is 1.20 bits per heavy atom. The molecule has 0 atom stereocenters. The highest BCUT2D eigenvalue weighted by molar-refractivity contribution is 6.18. The molecule has 168 valence electrons. The summed E-state index contributed by atoms with van der Waals surface area (Å²) in [5, 5.41) is 7.78. The number of alkyl halides is 4. The zero-order valence-corrected chi connectivity index (χ0v) is 20.1. The summed E-state index contributed by atoms with van der Waals surface area (Å²) in [6.45, 7) is 6.36. The molecule has 0 spiro atoms. The van der Waals surface area contributed by atoms with Crippen LogP contribution in [0.15, 0.2) is 24.3 Å². The molecule has 10 heteroatoms. The van der Waals surface area contributed by atoms with Crippen LogP contribution < -0.4 is 10.6 Å². The van der Waals surface area contributed by atoms with Crippen LogP contribution in [0.25, 0.3) is 10.9 Å². The molecule has 1 aromatic carbocycles. The van der Waals surface area contributed by atoms with Gasteiger partial charge in [-0.1, -0.05) is 12.1 Å². The molecule has 0 aliphatic carbocycles. The molecule has 0 radical (unpaired) electrons. The number of para-hydroxylation sites is 1. The number of hydrogen-bond acceptors (Lipinski definition) is 6. The molecule has 0 fully saturated rings. The number of fused-ring (bicyclic) bond motifs is 1. The first-order valence-corrected chi connectivity index (χ1v) is 12.3. The summed E-state index contributed by atoms with van der Waals surface area (Å²) in [4.78, 5) is 13.8. The Hall–Kier alpha value is -0.760. The second-order valence-electron chi connectivity index (χ2n) is 6.71. The summed E-state index contributed by atoms with van der Waals surface area (Å²) in [5.41, 5.74) is 0.897. The minimum atomic E-state index is 0.585. The SMILES string of the molecule is ClCCN(CCCl)CCNc1nc(NCCN(CCCl)CCCl)c2ccccc2n1. The fourth-order valence-electron chi connectivity index (χ4n) is 3.10. The van der Waals surface area contributed by atoms with Crippen molar-refractivity contribution >= 4 is 69.1 Å². The Bertz CT molecular complexity index is 724. The third-order valence-corrected chi connectivity index (χ3v) is 5.31. The Morgan fingerprint density at radius 1 is 0.667 bits per heavy atom. The molecule has 2 aromatic rings. The van der Waals surface area contributed by atoms with Crippen LogP contribution >= 0.6 is 46.4 Å². The summed E-state index contributed by atoms with van der Waals surface area (Å²) in [7, 11) is 0. The maximum atomic E-state index is 5.88. The lowest BCUT2D eigenvalue weighted by molar-refractivity contribution is 0.319. The molecule has 0 aliphatic heterocycles. The average molecular weight is 496 g/mol. The lowest BCUT2D eigenvalue weighted by Gasteiger charge is -2.21. The van der Waals surface area contributed by atoms with Crippen LogP contribution in [0.3, 0.4) is 0 Å². The normalized spacial score (nSPS) is 11.5. The maximum Gasteiger partial charge on any atom is 0.225 e. The van der Waals surface area contributed by atoms with Gasteiger partial charge in [-0.25, -0.2) is 4.98 Å². The van der Waals surface area contributed by atoms with E-state index in [-0.39, 0.29) is 0 Å². The number of nitrogens with zero attached hydrogens (tertiary/aromatic N) is 4. The number of hydrogen-bond donors (Lipinski definition) is 2. The van der Waals surface area contributed by atoms with Crippen LogP contribution in [0.1, 0.15) is 0 Å². The first-order valence-electron chi connectivity index (χ1n) is 10.1. The Morgan fingerprint density at radius 3 is 1.77 bits per heavy atom. The molecular weight excluding hydrogens is 466 g/mol. The van der Waals surface area contributed by atoms with E-state index in [4.69, 9.17) is 51.4 Å². The highest BCUT2D eigenvalue weighted by atomic mass is 35.5. The summed E-state index contributed by atoms with van der Waals surface area (Å²) >= 11 is 23.5. The van der Waals surface area contributed by atoms with Crippen molar-refractivity contribution in [3.05, 3.63) is 24.3 Å². The summed E-state index contributed by atoms with van der Waals surface area (Å²) in [5.74, 6) is 3.77. The van der Waals surface area contributed by atoms with E-state index in [1.807, 2.05) is 24.3 Å². The maximum absolute atomic E-state index is 5.88. The van der Waals surface area contributed by atoms with E-state index in [9.17, 15) is 0 Å². The second kappa shape index (κ2) is 15.1. The van der Waals surface area contributed by atoms with Crippen molar-refractivity contribution in [1.82, 2.24) is 19.8 Å². The molecule has 1 heterocycles. The highest BCUT2D eigenvalue weighted by Gasteiger charge is 2.09. The van der Waals surface area contributed by atoms with Gasteiger partial charge in [-0.15, -0.1) is 46.4 Å². The monoisotopic (exact) mass is 494 g/mol. The molecule has 2 rings (SSSR count). The van der Waals surface area contributed by atoms with Gasteiger partial charge in [-0.05, 0) is 12.1 Å². The number of nitrogens with one attached hydrogen (secondary N) is 2. The van der Waals surface area contributed by atoms with E-state index in [1.54, 1.807) is 0 Å². The van der Waals surface area contributed by atoms with E-state index in [2.05, 4.69) is 25.4 Å². The molecule has 0 saturated carbocycles. The van der Waals surface area contributed by atoms with Crippen LogP contribution in [0.2, 0.25) is 0 Å². The highest BCUT2D eigenvalue weighted by Crippen LogP contribution is 2.21. The smallest absolute Gasteiger partial charge is 0.225 e. The fourth-order valence-corrected chi connectivity index (χ4v) is 4.05. The van der Waals surface area contributed by atoms with E-state index in [0.717, 1.165) is 62.5 Å². The third-order valence-electron chi connectivity index (χ3n) is 4.64. The predicted molar refractivity (Wildman–Crippen MR) is 132 cm³/mol. The van der Waals surface area contributed by atoms with E-state index < -0.39 is 0 Å². The minimum absolute atomic E-state index is 0.585. The molecule has 2 N–H and O–H groups in total. The lowest BCUT2D eigenvalue weighted by Crippen LogP contribution is -2.33. The van der Waals surface area contributed by atoms with Crippen molar-refractivity contribution in [2.24, 2.45) is 0 Å². The van der Waals surface area contributed by atoms with Gasteiger partial charge in [-0.3, -0.25) is 9.80 Å². The van der Waals surface area contributed by atoms with Gasteiger partial charge < -0.3 is 10.6 Å². The summed E-state index contributed by atoms with van der Waals surface area (Å²) < 4.78 is 0. The van der Waals surface area contributed by atoms with Crippen molar-refractivity contribution < 1.29 is 0 Å². The topological polar surface area (TPSA) is 56.3 Å². The third kappa shape index (κ3) is 8.77. The van der Waals surface area contributed by atoms with Crippen LogP contribution in [-0.4, -0.2) is 95.6 Å². The predicted octanol–water partition coefficient (Wildman–Crippen LogP) is 4.01. The van der Waals surface area contributed by atoms with Crippen molar-refractivity contribution in [2.45, 2.75) is 0 Å². The van der Waals surface area contributed by atoms with Gasteiger partial charge in [0.15, 0.2) is 0 Å². The quantitative estimate of drug-likeness (QED) is 0.343. The largest absolute Gasteiger partial charge is 0.368 e. The van der Waals surface area contributed by atoms with E-state index in [1.165, 1.54) is 0 Å². The molecular formula is C20H30Cl4N6. The Kier molecular flexibility index (Phi) is 12.8. The molecule has 6 nitrogen and oxygen atoms in total. The number of benzene rings is 1. The van der Waals surface area contributed by atoms with Gasteiger partial charge in [0.2, 0.25) is 5.95 Å². The van der Waals surface area contributed by atoms with Crippen molar-refractivity contribution in [1.29, 1.82) is 0 Å². The van der Waals surface area contributed by atoms with Gasteiger partial charge in [0, 0.05) is 81.3 Å². The molecule has 30 heavy (non-hydrogen) atoms. The van der Waals surface area contributed by atoms with Crippen LogP contribution in [0.5, 0.6) is 0 Å². The summed E-state index contributed by atoms with van der Waals surface area (Å²) in [6, 6.07) is 8.00. The van der Waals surface area contributed by atoms with Crippen LogP contribution in [0, 0.1) is 0 Å². The number of halogens is 4. The first-order chi connectivity index (χ1) is 14.7. The number of rotatable bonds is 16. The van der Waals surface area contributed by atoms with Crippen LogP contribution in [0.4, 0.5) is 11.8 Å². The first kappa shape index (κ1) is 25.5. The van der Waals surface area contributed by atoms with Gasteiger partial charge in [0.1, 0.15) is 5.82 Å². The van der Waals surface area contributed by atoms with Gasteiger partial charge in [0.05, 0.1) is 5.52 Å². The van der Waals surface area contributed by atoms with E-state index in [0.29, 0.717) is 36.0 Å². The lowest BCUT2D eigenvalue weighted by atomic mass is 10.2. The number of aromatic nitrogens is 2. The van der Waals surface area contributed by atoms with Gasteiger partial charge in [0.25, 0.3) is 0 Å². The minimum Gasteiger partial charge on any atom is -0.368 e. The van der Waals surface area contributed by atoms with Crippen molar-refractivity contribution in [3.63, 3.8) is 0 Å². The number of anilines is 2. The second-order valence-corrected chi connectivity index (χ2v) is 8.22. The van der Waals surface area contributed by atoms with Gasteiger partial charge in [-0.2, -0.15) is 4.98 Å². The molecule has 0 saturated heterocycles. The fraction of sp³-hybridized carbons (Fsp3) is 0.600. The molecule has 0 aliphatic rings. The van der Waals surface area contributed by atoms with Crippen molar-refractivity contribution in [2.75, 3.05) is 86.5 Å². The molecule has 0 amide bonds. The van der Waals surface area contributed by atoms with Gasteiger partial charge >= 0.3 is 0 Å². The molecule has 0 bridgehead atoms. The average Bonchev–Trinajstić information content (AvgIpc) is 2.74. The zero-order valence-electron chi connectivity index (χ0n) is 17.1. The zero-order chi connectivity index (χ0) is 21.6. The van der Waals surface area contributed by atoms with Crippen LogP contribution in [-0.2, 0) is 0 Å². The standard InChI is InChI=1S/C20H30Cl4N6/c21-5-11-29(12-6-22)15-9-25-19-17-3-1-2-4-18(17)27-20(28-19)26-10-16-30(13-7-23)14-8-24/h1-4H,5-16H2,(H2,25,26,27,28). The Labute approximate surface area is 199 Å². The molecule has 0 unspecified atom stereocenters. The summed E-state index contributed by atoms with van der Waals surface area (Å²) in [6.07, 6.45) is 0. The van der Waals surface area contributed by atoms with Crippen molar-refractivity contribution in [3.8, 4) is 0 Å². The molecule has 1 aromatic heterocycles. The van der Waals surface area contributed by atoms with E-state index >= 15 is 0 Å².